The minimum absolute atomic E-state index is 0.736. The van der Waals surface area contributed by atoms with Crippen LogP contribution < -0.4 is 4.90 Å². The minimum atomic E-state index is 0.736. The molecular formula is C8H16N4S2. The Morgan fingerprint density at radius 3 is 2.57 bits per heavy atom. The van der Waals surface area contributed by atoms with Gasteiger partial charge in [0.05, 0.1) is 0 Å². The summed E-state index contributed by atoms with van der Waals surface area (Å²) < 4.78 is 0.736. The lowest BCUT2D eigenvalue weighted by Gasteiger charge is -2.16. The van der Waals surface area contributed by atoms with Gasteiger partial charge < -0.3 is 9.80 Å². The standard InChI is InChI=1S/C8H16N4S2/c1-11(2)5-4-6-12(3)7-9-10-8(13)14-7/h4-6H2,1-3H3,(H,10,13). The molecule has 0 fully saturated rings. The molecule has 0 spiro atoms. The molecule has 0 aromatic carbocycles. The van der Waals surface area contributed by atoms with Crippen LogP contribution in [0.25, 0.3) is 0 Å². The average Bonchev–Trinajstić information content (AvgIpc) is 2.51. The molecule has 4 nitrogen and oxygen atoms in total. The number of anilines is 1. The number of nitrogens with zero attached hydrogens (tertiary/aromatic N) is 3. The molecule has 14 heavy (non-hydrogen) atoms. The summed E-state index contributed by atoms with van der Waals surface area (Å²) in [6, 6.07) is 0. The number of nitrogens with one attached hydrogen (secondary N) is 1. The van der Waals surface area contributed by atoms with Gasteiger partial charge in [-0.3, -0.25) is 5.10 Å². The van der Waals surface area contributed by atoms with Crippen molar-refractivity contribution in [1.29, 1.82) is 0 Å². The molecule has 0 aliphatic rings. The highest BCUT2D eigenvalue weighted by molar-refractivity contribution is 7.73. The van der Waals surface area contributed by atoms with Crippen LogP contribution >= 0.6 is 23.6 Å². The van der Waals surface area contributed by atoms with E-state index in [0.29, 0.717) is 0 Å². The van der Waals surface area contributed by atoms with Gasteiger partial charge in [-0.15, -0.1) is 5.10 Å². The van der Waals surface area contributed by atoms with Gasteiger partial charge in [0.2, 0.25) is 5.13 Å². The van der Waals surface area contributed by atoms with E-state index in [2.05, 4.69) is 34.1 Å². The number of hydrogen-bond acceptors (Lipinski definition) is 5. The molecule has 0 unspecified atom stereocenters. The second kappa shape index (κ2) is 5.43. The zero-order valence-corrected chi connectivity index (χ0v) is 10.4. The maximum Gasteiger partial charge on any atom is 0.206 e. The van der Waals surface area contributed by atoms with Crippen LogP contribution in [-0.4, -0.2) is 49.3 Å². The van der Waals surface area contributed by atoms with Crippen molar-refractivity contribution in [2.75, 3.05) is 39.1 Å². The van der Waals surface area contributed by atoms with E-state index in [9.17, 15) is 0 Å². The lowest BCUT2D eigenvalue weighted by molar-refractivity contribution is 0.401. The van der Waals surface area contributed by atoms with Crippen LogP contribution in [0, 0.1) is 3.95 Å². The van der Waals surface area contributed by atoms with Crippen molar-refractivity contribution in [3.05, 3.63) is 3.95 Å². The zero-order valence-electron chi connectivity index (χ0n) is 8.78. The highest BCUT2D eigenvalue weighted by atomic mass is 32.1. The number of hydrogen-bond donors (Lipinski definition) is 1. The van der Waals surface area contributed by atoms with E-state index < -0.39 is 0 Å². The average molecular weight is 232 g/mol. The van der Waals surface area contributed by atoms with E-state index >= 15 is 0 Å². The number of aromatic nitrogens is 2. The van der Waals surface area contributed by atoms with Crippen molar-refractivity contribution < 1.29 is 0 Å². The Kier molecular flexibility index (Phi) is 4.50. The predicted molar refractivity (Wildman–Crippen MR) is 63.7 cm³/mol. The van der Waals surface area contributed by atoms with Gasteiger partial charge in [0.25, 0.3) is 0 Å². The molecule has 0 amide bonds. The van der Waals surface area contributed by atoms with Crippen LogP contribution in [0.3, 0.4) is 0 Å². The summed E-state index contributed by atoms with van der Waals surface area (Å²) in [6.45, 7) is 2.11. The molecule has 80 valence electrons. The third kappa shape index (κ3) is 3.73. The molecule has 0 bridgehead atoms. The molecule has 0 atom stereocenters. The first-order chi connectivity index (χ1) is 6.59. The monoisotopic (exact) mass is 232 g/mol. The maximum absolute atomic E-state index is 4.97. The lowest BCUT2D eigenvalue weighted by atomic mass is 10.4. The second-order valence-electron chi connectivity index (χ2n) is 3.47. The van der Waals surface area contributed by atoms with E-state index in [1.165, 1.54) is 11.3 Å². The molecule has 1 heterocycles. The van der Waals surface area contributed by atoms with Crippen LogP contribution in [0.2, 0.25) is 0 Å². The molecule has 6 heteroatoms. The molecular weight excluding hydrogens is 216 g/mol. The Morgan fingerprint density at radius 1 is 1.36 bits per heavy atom. The van der Waals surface area contributed by atoms with Crippen LogP contribution in [0.1, 0.15) is 6.42 Å². The van der Waals surface area contributed by atoms with E-state index in [1.807, 2.05) is 7.05 Å². The van der Waals surface area contributed by atoms with E-state index in [0.717, 1.165) is 28.6 Å². The summed E-state index contributed by atoms with van der Waals surface area (Å²) in [5.74, 6) is 0. The van der Waals surface area contributed by atoms with Crippen molar-refractivity contribution in [2.45, 2.75) is 6.42 Å². The molecule has 0 aliphatic heterocycles. The topological polar surface area (TPSA) is 35.2 Å². The summed E-state index contributed by atoms with van der Waals surface area (Å²) in [5, 5.41) is 7.86. The van der Waals surface area contributed by atoms with Gasteiger partial charge in [0, 0.05) is 13.6 Å². The van der Waals surface area contributed by atoms with Crippen molar-refractivity contribution >= 4 is 28.7 Å². The van der Waals surface area contributed by atoms with E-state index in [-0.39, 0.29) is 0 Å². The van der Waals surface area contributed by atoms with Crippen LogP contribution in [0.4, 0.5) is 5.13 Å². The highest BCUT2D eigenvalue weighted by Crippen LogP contribution is 2.15. The van der Waals surface area contributed by atoms with Crippen molar-refractivity contribution in [1.82, 2.24) is 15.1 Å². The summed E-state index contributed by atoms with van der Waals surface area (Å²) in [4.78, 5) is 4.31. The summed E-state index contributed by atoms with van der Waals surface area (Å²) in [5.41, 5.74) is 0. The van der Waals surface area contributed by atoms with Crippen molar-refractivity contribution in [3.8, 4) is 0 Å². The molecule has 0 radical (unpaired) electrons. The quantitative estimate of drug-likeness (QED) is 0.782. The minimum Gasteiger partial charge on any atom is -0.350 e. The van der Waals surface area contributed by atoms with Gasteiger partial charge >= 0.3 is 0 Å². The van der Waals surface area contributed by atoms with Crippen LogP contribution in [0.5, 0.6) is 0 Å². The third-order valence-electron chi connectivity index (χ3n) is 1.85. The van der Waals surface area contributed by atoms with Gasteiger partial charge in [-0.2, -0.15) is 0 Å². The SMILES string of the molecule is CN(C)CCCN(C)c1n[nH]c(=S)s1. The summed E-state index contributed by atoms with van der Waals surface area (Å²) in [6.07, 6.45) is 1.13. The second-order valence-corrected chi connectivity index (χ2v) is 5.12. The van der Waals surface area contributed by atoms with Crippen molar-refractivity contribution in [3.63, 3.8) is 0 Å². The van der Waals surface area contributed by atoms with E-state index in [4.69, 9.17) is 12.2 Å². The van der Waals surface area contributed by atoms with Crippen LogP contribution in [0.15, 0.2) is 0 Å². The maximum atomic E-state index is 4.97. The van der Waals surface area contributed by atoms with Gasteiger partial charge in [-0.1, -0.05) is 11.3 Å². The summed E-state index contributed by atoms with van der Waals surface area (Å²) >= 11 is 6.49. The Morgan fingerprint density at radius 2 is 2.07 bits per heavy atom. The first-order valence-electron chi connectivity index (χ1n) is 4.51. The normalized spacial score (nSPS) is 10.9. The molecule has 1 rings (SSSR count). The largest absolute Gasteiger partial charge is 0.350 e. The number of H-pyrrole nitrogens is 1. The predicted octanol–water partition coefficient (Wildman–Crippen LogP) is 1.59. The lowest BCUT2D eigenvalue weighted by Crippen LogP contribution is -2.23. The Labute approximate surface area is 93.5 Å². The van der Waals surface area contributed by atoms with E-state index in [1.54, 1.807) is 0 Å². The summed E-state index contributed by atoms with van der Waals surface area (Å²) in [7, 11) is 6.20. The molecule has 1 aromatic heterocycles. The van der Waals surface area contributed by atoms with Crippen molar-refractivity contribution in [2.24, 2.45) is 0 Å². The molecule has 0 saturated heterocycles. The van der Waals surface area contributed by atoms with Gasteiger partial charge in [-0.05, 0) is 39.3 Å². The smallest absolute Gasteiger partial charge is 0.206 e. The highest BCUT2D eigenvalue weighted by Gasteiger charge is 2.04. The van der Waals surface area contributed by atoms with Gasteiger partial charge in [-0.25, -0.2) is 0 Å². The third-order valence-corrected chi connectivity index (χ3v) is 3.06. The van der Waals surface area contributed by atoms with Crippen LogP contribution in [-0.2, 0) is 0 Å². The first-order valence-corrected chi connectivity index (χ1v) is 5.73. The molecule has 0 saturated carbocycles. The molecule has 1 N–H and O–H groups in total. The Balaban J connectivity index is 2.35. The fraction of sp³-hybridized carbons (Fsp3) is 0.750. The van der Waals surface area contributed by atoms with Gasteiger partial charge in [0.15, 0.2) is 3.95 Å². The number of rotatable bonds is 5. The zero-order chi connectivity index (χ0) is 10.6. The molecule has 0 aliphatic carbocycles. The number of aromatic amines is 1. The first kappa shape index (κ1) is 11.6. The fourth-order valence-electron chi connectivity index (χ4n) is 1.11. The Hall–Kier alpha value is -0.460. The van der Waals surface area contributed by atoms with Gasteiger partial charge in [0.1, 0.15) is 0 Å². The Bertz CT molecular complexity index is 317. The fourth-order valence-corrected chi connectivity index (χ4v) is 1.97. The molecule has 1 aromatic rings.